The predicted octanol–water partition coefficient (Wildman–Crippen LogP) is 4.78. The Morgan fingerprint density at radius 2 is 1.61 bits per heavy atom. The monoisotopic (exact) mass is 383 g/mol. The third-order valence-corrected chi connectivity index (χ3v) is 4.54. The van der Waals surface area contributed by atoms with Gasteiger partial charge >= 0.3 is 6.16 Å². The van der Waals surface area contributed by atoms with E-state index in [0.717, 1.165) is 11.1 Å². The molecule has 28 heavy (non-hydrogen) atoms. The Kier molecular flexibility index (Phi) is 4.57. The van der Waals surface area contributed by atoms with Crippen molar-refractivity contribution in [3.05, 3.63) is 41.5 Å². The van der Waals surface area contributed by atoms with Crippen molar-refractivity contribution in [2.45, 2.75) is 52.4 Å². The largest absolute Gasteiger partial charge is 0.511 e. The number of hydrogen-bond acceptors (Lipinski definition) is 5. The number of fused-ring (bicyclic) bond motifs is 1. The summed E-state index contributed by atoms with van der Waals surface area (Å²) in [7, 11) is 0. The number of benzene rings is 2. The van der Waals surface area contributed by atoms with Gasteiger partial charge in [0.05, 0.1) is 0 Å². The molecule has 3 aromatic rings. The molecule has 0 radical (unpaired) electrons. The smallest absolute Gasteiger partial charge is 0.505 e. The van der Waals surface area contributed by atoms with Crippen LogP contribution >= 0.6 is 0 Å². The number of phenols is 1. The summed E-state index contributed by atoms with van der Waals surface area (Å²) in [5.41, 5.74) is 2.99. The second-order valence-corrected chi connectivity index (χ2v) is 8.90. The molecule has 0 fully saturated rings. The maximum Gasteiger partial charge on any atom is 0.511 e. The first-order valence-corrected chi connectivity index (χ1v) is 9.02. The summed E-state index contributed by atoms with van der Waals surface area (Å²) in [6.45, 7) is 12.5. The maximum absolute atomic E-state index is 11.0. The van der Waals surface area contributed by atoms with E-state index in [1.165, 1.54) is 16.9 Å². The van der Waals surface area contributed by atoms with Gasteiger partial charge in [0, 0.05) is 11.6 Å². The van der Waals surface area contributed by atoms with Crippen LogP contribution in [-0.2, 0) is 10.8 Å². The third-order valence-electron chi connectivity index (χ3n) is 4.54. The summed E-state index contributed by atoms with van der Waals surface area (Å²) in [4.78, 5) is 12.1. The molecule has 0 spiro atoms. The average Bonchev–Trinajstić information content (AvgIpc) is 2.95. The first-order valence-electron chi connectivity index (χ1n) is 9.02. The van der Waals surface area contributed by atoms with Gasteiger partial charge in [-0.2, -0.15) is 0 Å². The molecule has 0 atom stereocenters. The van der Waals surface area contributed by atoms with Gasteiger partial charge in [0.25, 0.3) is 0 Å². The van der Waals surface area contributed by atoms with Crippen LogP contribution in [0.15, 0.2) is 30.3 Å². The van der Waals surface area contributed by atoms with E-state index in [1.807, 2.05) is 32.9 Å². The van der Waals surface area contributed by atoms with Crippen LogP contribution in [0.25, 0.3) is 16.7 Å². The van der Waals surface area contributed by atoms with E-state index in [0.29, 0.717) is 16.7 Å². The Balaban J connectivity index is 2.20. The first kappa shape index (κ1) is 19.7. The minimum atomic E-state index is -1.39. The lowest BCUT2D eigenvalue weighted by Gasteiger charge is -2.27. The molecule has 0 saturated heterocycles. The molecule has 0 aliphatic carbocycles. The van der Waals surface area contributed by atoms with Crippen molar-refractivity contribution < 1.29 is 19.7 Å². The molecule has 3 rings (SSSR count). The van der Waals surface area contributed by atoms with Gasteiger partial charge in [-0.25, -0.2) is 4.79 Å². The average molecular weight is 383 g/mol. The van der Waals surface area contributed by atoms with E-state index in [9.17, 15) is 9.90 Å². The van der Waals surface area contributed by atoms with Crippen molar-refractivity contribution in [3.8, 4) is 17.2 Å². The van der Waals surface area contributed by atoms with Gasteiger partial charge in [0.2, 0.25) is 0 Å². The van der Waals surface area contributed by atoms with Gasteiger partial charge in [0.15, 0.2) is 0 Å². The number of phenolic OH excluding ortho intramolecular Hbond substituents is 1. The number of hydrogen-bond donors (Lipinski definition) is 2. The molecule has 0 saturated carbocycles. The van der Waals surface area contributed by atoms with Crippen molar-refractivity contribution >= 4 is 17.2 Å². The first-order chi connectivity index (χ1) is 12.9. The molecular weight excluding hydrogens is 358 g/mol. The number of rotatable bonds is 2. The summed E-state index contributed by atoms with van der Waals surface area (Å²) < 4.78 is 4.68. The Labute approximate surface area is 163 Å². The number of carboxylic acid groups (broad SMARTS) is 1. The lowest BCUT2D eigenvalue weighted by Crippen LogP contribution is -2.18. The molecule has 148 valence electrons. The minimum Gasteiger partial charge on any atom is -0.505 e. The second kappa shape index (κ2) is 6.51. The van der Waals surface area contributed by atoms with E-state index in [1.54, 1.807) is 6.07 Å². The van der Waals surface area contributed by atoms with Gasteiger partial charge in [-0.05, 0) is 34.6 Å². The fourth-order valence-corrected chi connectivity index (χ4v) is 2.94. The summed E-state index contributed by atoms with van der Waals surface area (Å²) in [5.74, 6) is 0.290. The van der Waals surface area contributed by atoms with Crippen molar-refractivity contribution in [1.29, 1.82) is 0 Å². The lowest BCUT2D eigenvalue weighted by molar-refractivity contribution is 0.144. The summed E-state index contributed by atoms with van der Waals surface area (Å²) >= 11 is 0. The van der Waals surface area contributed by atoms with Crippen LogP contribution in [0.1, 0.15) is 52.7 Å². The zero-order valence-corrected chi connectivity index (χ0v) is 16.9. The second-order valence-electron chi connectivity index (χ2n) is 8.90. The van der Waals surface area contributed by atoms with Crippen molar-refractivity contribution in [2.24, 2.45) is 0 Å². The molecule has 0 aliphatic heterocycles. The van der Waals surface area contributed by atoms with Crippen LogP contribution < -0.4 is 4.74 Å². The van der Waals surface area contributed by atoms with Crippen LogP contribution in [0.2, 0.25) is 0 Å². The SMILES string of the molecule is CC(C)(C)c1cc(-n2nc3ccc(OC(=O)O)cc3n2)c(O)c(C(C)(C)C)c1. The summed E-state index contributed by atoms with van der Waals surface area (Å²) in [5, 5.41) is 28.6. The fraction of sp³-hybridized carbons (Fsp3) is 0.381. The van der Waals surface area contributed by atoms with Gasteiger partial charge in [-0.15, -0.1) is 15.0 Å². The van der Waals surface area contributed by atoms with Crippen LogP contribution in [0, 0.1) is 0 Å². The van der Waals surface area contributed by atoms with Crippen LogP contribution in [0.5, 0.6) is 11.5 Å². The summed E-state index contributed by atoms with van der Waals surface area (Å²) in [6.07, 6.45) is -1.39. The van der Waals surface area contributed by atoms with E-state index < -0.39 is 6.16 Å². The maximum atomic E-state index is 11.0. The number of aromatic hydroxyl groups is 1. The molecule has 0 bridgehead atoms. The molecule has 7 nitrogen and oxygen atoms in total. The fourth-order valence-electron chi connectivity index (χ4n) is 2.94. The minimum absolute atomic E-state index is 0.127. The van der Waals surface area contributed by atoms with Crippen LogP contribution in [-0.4, -0.2) is 31.4 Å². The quantitative estimate of drug-likeness (QED) is 0.488. The topological polar surface area (TPSA) is 97.5 Å². The third kappa shape index (κ3) is 3.78. The molecule has 2 aromatic carbocycles. The van der Waals surface area contributed by atoms with Crippen molar-refractivity contribution in [3.63, 3.8) is 0 Å². The number of carbonyl (C=O) groups is 1. The van der Waals surface area contributed by atoms with Crippen LogP contribution in [0.4, 0.5) is 4.79 Å². The van der Waals surface area contributed by atoms with Crippen LogP contribution in [0.3, 0.4) is 0 Å². The van der Waals surface area contributed by atoms with Gasteiger partial charge in [-0.3, -0.25) is 0 Å². The highest BCUT2D eigenvalue weighted by Crippen LogP contribution is 2.39. The zero-order valence-electron chi connectivity index (χ0n) is 16.9. The van der Waals surface area contributed by atoms with Crippen molar-refractivity contribution in [1.82, 2.24) is 15.0 Å². The molecule has 0 aliphatic rings. The van der Waals surface area contributed by atoms with E-state index in [4.69, 9.17) is 5.11 Å². The van der Waals surface area contributed by atoms with Gasteiger partial charge in [-0.1, -0.05) is 47.6 Å². The number of nitrogens with zero attached hydrogens (tertiary/aromatic N) is 3. The number of aromatic nitrogens is 3. The highest BCUT2D eigenvalue weighted by atomic mass is 16.7. The Hall–Kier alpha value is -3.09. The molecule has 0 amide bonds. The van der Waals surface area contributed by atoms with Crippen molar-refractivity contribution in [2.75, 3.05) is 0 Å². The Morgan fingerprint density at radius 1 is 0.964 bits per heavy atom. The molecule has 1 aromatic heterocycles. The van der Waals surface area contributed by atoms with Gasteiger partial charge in [0.1, 0.15) is 28.2 Å². The lowest BCUT2D eigenvalue weighted by atomic mass is 9.80. The Morgan fingerprint density at radius 3 is 2.18 bits per heavy atom. The molecule has 0 unspecified atom stereocenters. The standard InChI is InChI=1S/C21H25N3O4/c1-20(2,3)12-9-14(21(4,5)6)18(25)17(10-12)24-22-15-8-7-13(28-19(26)27)11-16(15)23-24/h7-11,25H,1-6H3,(H,26,27). The van der Waals surface area contributed by atoms with E-state index >= 15 is 0 Å². The zero-order chi connectivity index (χ0) is 20.9. The molecule has 2 N–H and O–H groups in total. The highest BCUT2D eigenvalue weighted by Gasteiger charge is 2.26. The predicted molar refractivity (Wildman–Crippen MR) is 107 cm³/mol. The normalized spacial score (nSPS) is 12.4. The Bertz CT molecular complexity index is 1060. The van der Waals surface area contributed by atoms with E-state index in [2.05, 4.69) is 35.7 Å². The molecule has 1 heterocycles. The van der Waals surface area contributed by atoms with Gasteiger partial charge < -0.3 is 14.9 Å². The number of ether oxygens (including phenoxy) is 1. The highest BCUT2D eigenvalue weighted by molar-refractivity contribution is 5.77. The molecular formula is C21H25N3O4. The molecule has 7 heteroatoms. The van der Waals surface area contributed by atoms with E-state index in [-0.39, 0.29) is 22.3 Å². The summed E-state index contributed by atoms with van der Waals surface area (Å²) in [6, 6.07) is 8.56.